The van der Waals surface area contributed by atoms with E-state index in [-0.39, 0.29) is 48.7 Å². The van der Waals surface area contributed by atoms with Crippen LogP contribution in [0.15, 0.2) is 53.4 Å². The first-order valence-corrected chi connectivity index (χ1v) is 15.2. The van der Waals surface area contributed by atoms with Gasteiger partial charge in [0.05, 0.1) is 11.2 Å². The first-order valence-electron chi connectivity index (χ1n) is 11.9. The summed E-state index contributed by atoms with van der Waals surface area (Å²) in [6.07, 6.45) is 1.15. The van der Waals surface area contributed by atoms with E-state index in [0.717, 1.165) is 11.8 Å². The first-order chi connectivity index (χ1) is 17.1. The summed E-state index contributed by atoms with van der Waals surface area (Å²) < 4.78 is 54.2. The molecule has 1 amide bonds. The zero-order chi connectivity index (χ0) is 27.6. The fourth-order valence-corrected chi connectivity index (χ4v) is 6.15. The van der Waals surface area contributed by atoms with Gasteiger partial charge in [-0.3, -0.25) is 10.2 Å². The van der Waals surface area contributed by atoms with Gasteiger partial charge in [0.15, 0.2) is 0 Å². The molecule has 0 unspecified atom stereocenters. The van der Waals surface area contributed by atoms with Gasteiger partial charge in [-0.05, 0) is 41.2 Å². The Balaban J connectivity index is 1.88. The Hall–Kier alpha value is -2.80. The second-order valence-electron chi connectivity index (χ2n) is 10.3. The standard InChI is InChI=1S/C25H35N5O5S2/c1-25(2,3)20-8-10-21(11-9-20)37(34,35)28-22(17-18-6-5-7-19(16-18)23(26)27)24(31)29-12-14-30(15-13-29)36(4,32)33/h5-11,16,22,28H,12-15,17H2,1-4H3,(H3,26,27)/t22-/m0/s1. The molecule has 0 saturated carbocycles. The van der Waals surface area contributed by atoms with Gasteiger partial charge in [-0.25, -0.2) is 16.8 Å². The number of amides is 1. The molecule has 1 heterocycles. The number of nitrogen functional groups attached to an aromatic ring is 1. The Kier molecular flexibility index (Phi) is 8.47. The Morgan fingerprint density at radius 3 is 2.14 bits per heavy atom. The summed E-state index contributed by atoms with van der Waals surface area (Å²) in [5.74, 6) is -0.586. The molecule has 2 aromatic rings. The summed E-state index contributed by atoms with van der Waals surface area (Å²) in [6, 6.07) is 12.2. The molecule has 0 bridgehead atoms. The molecule has 202 valence electrons. The molecule has 0 aliphatic carbocycles. The summed E-state index contributed by atoms with van der Waals surface area (Å²) in [5.41, 5.74) is 7.52. The van der Waals surface area contributed by atoms with E-state index in [2.05, 4.69) is 4.72 Å². The summed E-state index contributed by atoms with van der Waals surface area (Å²) in [4.78, 5) is 15.1. The van der Waals surface area contributed by atoms with Crippen LogP contribution in [0.25, 0.3) is 0 Å². The lowest BCUT2D eigenvalue weighted by atomic mass is 9.87. The largest absolute Gasteiger partial charge is 0.384 e. The minimum atomic E-state index is -4.06. The predicted octanol–water partition coefficient (Wildman–Crippen LogP) is 1.26. The number of piperazine rings is 1. The maximum atomic E-state index is 13.5. The number of amidine groups is 1. The van der Waals surface area contributed by atoms with Crippen LogP contribution < -0.4 is 10.5 Å². The number of rotatable bonds is 8. The zero-order valence-electron chi connectivity index (χ0n) is 21.6. The number of carbonyl (C=O) groups excluding carboxylic acids is 1. The second-order valence-corrected chi connectivity index (χ2v) is 14.0. The van der Waals surface area contributed by atoms with Gasteiger partial charge >= 0.3 is 0 Å². The Morgan fingerprint density at radius 2 is 1.62 bits per heavy atom. The smallest absolute Gasteiger partial charge is 0.241 e. The van der Waals surface area contributed by atoms with Crippen molar-refractivity contribution in [1.82, 2.24) is 13.9 Å². The SMILES string of the molecule is CC(C)(C)c1ccc(S(=O)(=O)N[C@@H](Cc2cccc(C(=N)N)c2)C(=O)N2CCN(S(C)(=O)=O)CC2)cc1. The van der Waals surface area contributed by atoms with Crippen LogP contribution >= 0.6 is 0 Å². The van der Waals surface area contributed by atoms with Crippen LogP contribution in [0.3, 0.4) is 0 Å². The van der Waals surface area contributed by atoms with E-state index in [9.17, 15) is 21.6 Å². The average molecular weight is 550 g/mol. The van der Waals surface area contributed by atoms with Crippen LogP contribution in [-0.2, 0) is 36.7 Å². The maximum absolute atomic E-state index is 13.5. The average Bonchev–Trinajstić information content (AvgIpc) is 2.82. The van der Waals surface area contributed by atoms with Crippen LogP contribution in [-0.4, -0.2) is 76.3 Å². The summed E-state index contributed by atoms with van der Waals surface area (Å²) >= 11 is 0. The molecule has 3 rings (SSSR count). The lowest BCUT2D eigenvalue weighted by Crippen LogP contribution is -2.56. The van der Waals surface area contributed by atoms with Crippen molar-refractivity contribution >= 4 is 31.8 Å². The highest BCUT2D eigenvalue weighted by Crippen LogP contribution is 2.24. The number of nitrogens with one attached hydrogen (secondary N) is 2. The van der Waals surface area contributed by atoms with Crippen LogP contribution in [0.1, 0.15) is 37.5 Å². The van der Waals surface area contributed by atoms with Gasteiger partial charge in [0.2, 0.25) is 26.0 Å². The molecule has 37 heavy (non-hydrogen) atoms. The number of sulfonamides is 2. The van der Waals surface area contributed by atoms with Gasteiger partial charge in [0.25, 0.3) is 0 Å². The number of nitrogens with zero attached hydrogens (tertiary/aromatic N) is 2. The van der Waals surface area contributed by atoms with Crippen molar-refractivity contribution in [3.05, 3.63) is 65.2 Å². The first kappa shape index (κ1) is 28.8. The summed E-state index contributed by atoms with van der Waals surface area (Å²) in [7, 11) is -7.44. The zero-order valence-corrected chi connectivity index (χ0v) is 23.2. The molecule has 0 aromatic heterocycles. The van der Waals surface area contributed by atoms with E-state index in [1.807, 2.05) is 20.8 Å². The van der Waals surface area contributed by atoms with Crippen LogP contribution in [0.4, 0.5) is 0 Å². The molecule has 1 fully saturated rings. The molecule has 1 atom stereocenters. The number of hydrogen-bond donors (Lipinski definition) is 3. The van der Waals surface area contributed by atoms with Gasteiger partial charge < -0.3 is 10.6 Å². The molecule has 4 N–H and O–H groups in total. The van der Waals surface area contributed by atoms with E-state index in [4.69, 9.17) is 11.1 Å². The van der Waals surface area contributed by atoms with Crippen LogP contribution in [0.2, 0.25) is 0 Å². The van der Waals surface area contributed by atoms with Crippen molar-refractivity contribution in [2.45, 2.75) is 43.5 Å². The highest BCUT2D eigenvalue weighted by molar-refractivity contribution is 7.89. The van der Waals surface area contributed by atoms with E-state index in [0.29, 0.717) is 11.1 Å². The third-order valence-electron chi connectivity index (χ3n) is 6.32. The second kappa shape index (κ2) is 10.9. The van der Waals surface area contributed by atoms with Gasteiger partial charge in [-0.1, -0.05) is 51.1 Å². The number of hydrogen-bond acceptors (Lipinski definition) is 6. The Bertz CT molecular complexity index is 1360. The Labute approximate surface area is 219 Å². The number of carbonyl (C=O) groups is 1. The molecular formula is C25H35N5O5S2. The fourth-order valence-electron chi connectivity index (χ4n) is 4.13. The quantitative estimate of drug-likeness (QED) is 0.333. The summed E-state index contributed by atoms with van der Waals surface area (Å²) in [6.45, 7) is 6.67. The van der Waals surface area contributed by atoms with Crippen LogP contribution in [0, 0.1) is 5.41 Å². The molecule has 12 heteroatoms. The third-order valence-corrected chi connectivity index (χ3v) is 9.11. The number of nitrogens with two attached hydrogens (primary N) is 1. The van der Waals surface area contributed by atoms with Crippen molar-refractivity contribution in [1.29, 1.82) is 5.41 Å². The Morgan fingerprint density at radius 1 is 1.03 bits per heavy atom. The van der Waals surface area contributed by atoms with E-state index >= 15 is 0 Å². The van der Waals surface area contributed by atoms with Gasteiger partial charge in [-0.15, -0.1) is 0 Å². The minimum absolute atomic E-state index is 0.0333. The lowest BCUT2D eigenvalue weighted by molar-refractivity contribution is -0.134. The lowest BCUT2D eigenvalue weighted by Gasteiger charge is -2.35. The van der Waals surface area contributed by atoms with Gasteiger partial charge in [-0.2, -0.15) is 9.03 Å². The van der Waals surface area contributed by atoms with Crippen molar-refractivity contribution in [2.75, 3.05) is 32.4 Å². The molecule has 0 radical (unpaired) electrons. The van der Waals surface area contributed by atoms with Crippen molar-refractivity contribution in [2.24, 2.45) is 5.73 Å². The highest BCUT2D eigenvalue weighted by atomic mass is 32.2. The molecule has 2 aromatic carbocycles. The minimum Gasteiger partial charge on any atom is -0.384 e. The van der Waals surface area contributed by atoms with E-state index in [1.54, 1.807) is 36.4 Å². The molecule has 1 aliphatic rings. The van der Waals surface area contributed by atoms with E-state index in [1.165, 1.54) is 21.3 Å². The molecular weight excluding hydrogens is 514 g/mol. The van der Waals surface area contributed by atoms with Crippen molar-refractivity contribution in [3.63, 3.8) is 0 Å². The van der Waals surface area contributed by atoms with Crippen LogP contribution in [0.5, 0.6) is 0 Å². The monoisotopic (exact) mass is 549 g/mol. The number of benzene rings is 2. The van der Waals surface area contributed by atoms with Crippen molar-refractivity contribution in [3.8, 4) is 0 Å². The maximum Gasteiger partial charge on any atom is 0.241 e. The third kappa shape index (κ3) is 7.37. The summed E-state index contributed by atoms with van der Waals surface area (Å²) in [5, 5.41) is 7.68. The van der Waals surface area contributed by atoms with Crippen molar-refractivity contribution < 1.29 is 21.6 Å². The van der Waals surface area contributed by atoms with Gasteiger partial charge in [0.1, 0.15) is 11.9 Å². The van der Waals surface area contributed by atoms with Gasteiger partial charge in [0, 0.05) is 31.7 Å². The molecule has 10 nitrogen and oxygen atoms in total. The normalized spacial score (nSPS) is 16.4. The predicted molar refractivity (Wildman–Crippen MR) is 143 cm³/mol. The topological polar surface area (TPSA) is 154 Å². The molecule has 1 aliphatic heterocycles. The highest BCUT2D eigenvalue weighted by Gasteiger charge is 2.33. The fraction of sp³-hybridized carbons (Fsp3) is 0.440. The molecule has 0 spiro atoms. The molecule has 1 saturated heterocycles. The van der Waals surface area contributed by atoms with E-state index < -0.39 is 32.0 Å².